The fourth-order valence-electron chi connectivity index (χ4n) is 2.17. The Bertz CT molecular complexity index is 197. The largest absolute Gasteiger partial charge is 0.186 e. The van der Waals surface area contributed by atoms with E-state index < -0.39 is 0 Å². The van der Waals surface area contributed by atoms with Gasteiger partial charge in [0.1, 0.15) is 0 Å². The quantitative estimate of drug-likeness (QED) is 0.445. The number of hydrogen-bond donors (Lipinski definition) is 0. The average Bonchev–Trinajstić information content (AvgIpc) is 2.62. The first-order chi connectivity index (χ1) is 5.72. The predicted molar refractivity (Wildman–Crippen MR) is 53.9 cm³/mol. The molecule has 3 heteroatoms. The normalized spacial score (nSPS) is 34.9. The standard InChI is InChI=1S/C9H17N2S/c1-10(2)11-5-3-9(7-11)4-6-12-8-9/h1,3-8H2,2H3/q+1. The Kier molecular flexibility index (Phi) is 2.07. The molecule has 0 aromatic carbocycles. The SMILES string of the molecule is C=[N+](C)N1CCC2(CCSC2)C1. The highest BCUT2D eigenvalue weighted by Gasteiger charge is 2.43. The van der Waals surface area contributed by atoms with Crippen molar-refractivity contribution in [3.63, 3.8) is 0 Å². The maximum absolute atomic E-state index is 3.93. The van der Waals surface area contributed by atoms with E-state index in [1.54, 1.807) is 0 Å². The van der Waals surface area contributed by atoms with E-state index in [-0.39, 0.29) is 0 Å². The van der Waals surface area contributed by atoms with Crippen LogP contribution >= 0.6 is 11.8 Å². The Morgan fingerprint density at radius 2 is 2.33 bits per heavy atom. The van der Waals surface area contributed by atoms with Crippen LogP contribution in [-0.2, 0) is 0 Å². The van der Waals surface area contributed by atoms with Crippen LogP contribution in [-0.4, -0.2) is 48.1 Å². The molecule has 0 aromatic rings. The summed E-state index contributed by atoms with van der Waals surface area (Å²) in [5.41, 5.74) is 0.649. The summed E-state index contributed by atoms with van der Waals surface area (Å²) in [6, 6.07) is 0. The molecular formula is C9H17N2S+. The Balaban J connectivity index is 2.01. The van der Waals surface area contributed by atoms with Gasteiger partial charge in [0, 0.05) is 11.2 Å². The topological polar surface area (TPSA) is 6.25 Å². The summed E-state index contributed by atoms with van der Waals surface area (Å²) >= 11 is 2.12. The van der Waals surface area contributed by atoms with Crippen LogP contribution in [0.5, 0.6) is 0 Å². The van der Waals surface area contributed by atoms with Gasteiger partial charge in [0.25, 0.3) is 0 Å². The van der Waals surface area contributed by atoms with Crippen molar-refractivity contribution in [2.75, 3.05) is 31.6 Å². The van der Waals surface area contributed by atoms with Gasteiger partial charge in [-0.1, -0.05) is 0 Å². The monoisotopic (exact) mass is 185 g/mol. The van der Waals surface area contributed by atoms with E-state index in [1.807, 2.05) is 11.7 Å². The lowest BCUT2D eigenvalue weighted by Gasteiger charge is -2.19. The van der Waals surface area contributed by atoms with Crippen LogP contribution < -0.4 is 0 Å². The molecule has 1 spiro atoms. The molecule has 2 aliphatic heterocycles. The zero-order valence-corrected chi connectivity index (χ0v) is 8.57. The van der Waals surface area contributed by atoms with Crippen molar-refractivity contribution >= 4 is 18.5 Å². The van der Waals surface area contributed by atoms with E-state index in [9.17, 15) is 0 Å². The predicted octanol–water partition coefficient (Wildman–Crippen LogP) is 1.07. The number of rotatable bonds is 1. The summed E-state index contributed by atoms with van der Waals surface area (Å²) < 4.78 is 2.00. The molecule has 0 saturated carbocycles. The fraction of sp³-hybridized carbons (Fsp3) is 0.889. The molecule has 2 rings (SSSR count). The molecule has 0 amide bonds. The van der Waals surface area contributed by atoms with Gasteiger partial charge >= 0.3 is 0 Å². The summed E-state index contributed by atoms with van der Waals surface area (Å²) in [6.07, 6.45) is 2.79. The van der Waals surface area contributed by atoms with Crippen LogP contribution in [0.15, 0.2) is 0 Å². The summed E-state index contributed by atoms with van der Waals surface area (Å²) in [6.45, 7) is 6.37. The Morgan fingerprint density at radius 3 is 2.83 bits per heavy atom. The fourth-order valence-corrected chi connectivity index (χ4v) is 3.71. The summed E-state index contributed by atoms with van der Waals surface area (Å²) in [4.78, 5) is 0. The first kappa shape index (κ1) is 8.42. The first-order valence-electron chi connectivity index (χ1n) is 4.59. The molecule has 1 unspecified atom stereocenters. The van der Waals surface area contributed by atoms with Gasteiger partial charge in [0.05, 0.1) is 13.1 Å². The zero-order chi connectivity index (χ0) is 8.60. The second kappa shape index (κ2) is 2.95. The van der Waals surface area contributed by atoms with Crippen LogP contribution in [0.3, 0.4) is 0 Å². The molecule has 0 aromatic heterocycles. The first-order valence-corrected chi connectivity index (χ1v) is 5.74. The molecule has 0 N–H and O–H groups in total. The maximum Gasteiger partial charge on any atom is 0.161 e. The minimum atomic E-state index is 0.649. The van der Waals surface area contributed by atoms with Gasteiger partial charge in [-0.25, -0.2) is 0 Å². The molecular weight excluding hydrogens is 168 g/mol. The van der Waals surface area contributed by atoms with Crippen molar-refractivity contribution in [3.05, 3.63) is 0 Å². The van der Waals surface area contributed by atoms with E-state index in [1.165, 1.54) is 37.4 Å². The molecule has 2 aliphatic rings. The zero-order valence-electron chi connectivity index (χ0n) is 7.75. The second-order valence-corrected chi connectivity index (χ2v) is 5.20. The van der Waals surface area contributed by atoms with Crippen LogP contribution in [0, 0.1) is 5.41 Å². The minimum Gasteiger partial charge on any atom is -0.186 e. The molecule has 0 radical (unpaired) electrons. The van der Waals surface area contributed by atoms with Gasteiger partial charge in [0.15, 0.2) is 13.8 Å². The summed E-state index contributed by atoms with van der Waals surface area (Å²) in [7, 11) is 2.04. The molecule has 2 saturated heterocycles. The second-order valence-electron chi connectivity index (χ2n) is 4.10. The number of hydrogen-bond acceptors (Lipinski definition) is 2. The lowest BCUT2D eigenvalue weighted by atomic mass is 9.87. The van der Waals surface area contributed by atoms with Crippen molar-refractivity contribution in [3.8, 4) is 0 Å². The Hall–Kier alpha value is -0.180. The van der Waals surface area contributed by atoms with Gasteiger partial charge in [-0.05, 0) is 18.6 Å². The van der Waals surface area contributed by atoms with E-state index in [0.717, 1.165) is 0 Å². The molecule has 1 atom stereocenters. The van der Waals surface area contributed by atoms with E-state index in [0.29, 0.717) is 5.41 Å². The van der Waals surface area contributed by atoms with Crippen molar-refractivity contribution in [1.29, 1.82) is 0 Å². The number of nitrogens with zero attached hydrogens (tertiary/aromatic N) is 2. The lowest BCUT2D eigenvalue weighted by molar-refractivity contribution is -0.658. The van der Waals surface area contributed by atoms with E-state index >= 15 is 0 Å². The summed E-state index contributed by atoms with van der Waals surface area (Å²) in [5, 5.41) is 2.37. The third-order valence-electron chi connectivity index (χ3n) is 3.09. The number of thioether (sulfide) groups is 1. The van der Waals surface area contributed by atoms with E-state index in [2.05, 4.69) is 23.5 Å². The van der Waals surface area contributed by atoms with Gasteiger partial charge in [-0.15, -0.1) is 4.68 Å². The van der Waals surface area contributed by atoms with Crippen LogP contribution in [0.4, 0.5) is 0 Å². The number of hydrazine groups is 1. The molecule has 0 aliphatic carbocycles. The van der Waals surface area contributed by atoms with Crippen molar-refractivity contribution in [1.82, 2.24) is 5.01 Å². The molecule has 2 fully saturated rings. The molecule has 2 nitrogen and oxygen atoms in total. The van der Waals surface area contributed by atoms with Gasteiger partial charge in [-0.2, -0.15) is 16.8 Å². The highest BCUT2D eigenvalue weighted by Crippen LogP contribution is 2.42. The third kappa shape index (κ3) is 1.35. The number of hydrazone groups is 1. The lowest BCUT2D eigenvalue weighted by Crippen LogP contribution is -2.32. The van der Waals surface area contributed by atoms with Crippen molar-refractivity contribution < 1.29 is 4.68 Å². The molecule has 0 bridgehead atoms. The highest BCUT2D eigenvalue weighted by molar-refractivity contribution is 7.99. The minimum absolute atomic E-state index is 0.649. The Labute approximate surface area is 78.6 Å². The summed E-state index contributed by atoms with van der Waals surface area (Å²) in [5.74, 6) is 2.74. The van der Waals surface area contributed by atoms with E-state index in [4.69, 9.17) is 0 Å². The van der Waals surface area contributed by atoms with Gasteiger partial charge in [-0.3, -0.25) is 0 Å². The van der Waals surface area contributed by atoms with Crippen LogP contribution in [0.25, 0.3) is 0 Å². The van der Waals surface area contributed by atoms with Crippen molar-refractivity contribution in [2.45, 2.75) is 12.8 Å². The Morgan fingerprint density at radius 1 is 1.50 bits per heavy atom. The highest BCUT2D eigenvalue weighted by atomic mass is 32.2. The molecule has 12 heavy (non-hydrogen) atoms. The third-order valence-corrected chi connectivity index (χ3v) is 4.40. The van der Waals surface area contributed by atoms with Gasteiger partial charge < -0.3 is 0 Å². The van der Waals surface area contributed by atoms with Crippen molar-refractivity contribution in [2.24, 2.45) is 5.41 Å². The van der Waals surface area contributed by atoms with Crippen LogP contribution in [0.2, 0.25) is 0 Å². The maximum atomic E-state index is 3.93. The average molecular weight is 185 g/mol. The molecule has 2 heterocycles. The van der Waals surface area contributed by atoms with Crippen LogP contribution in [0.1, 0.15) is 12.8 Å². The molecule has 68 valence electrons. The van der Waals surface area contributed by atoms with Gasteiger partial charge in [0.2, 0.25) is 0 Å². The smallest absolute Gasteiger partial charge is 0.161 e.